The van der Waals surface area contributed by atoms with E-state index in [4.69, 9.17) is 9.47 Å². The summed E-state index contributed by atoms with van der Waals surface area (Å²) in [6, 6.07) is 5.32. The first-order valence-electron chi connectivity index (χ1n) is 11.5. The van der Waals surface area contributed by atoms with Gasteiger partial charge >= 0.3 is 0 Å². The number of para-hydroxylation sites is 1. The fraction of sp³-hybridized carbons (Fsp3) is 0.435. The van der Waals surface area contributed by atoms with Crippen molar-refractivity contribution in [2.24, 2.45) is 5.10 Å². The molecule has 0 amide bonds. The zero-order valence-corrected chi connectivity index (χ0v) is 22.2. The third-order valence-corrected chi connectivity index (χ3v) is 8.28. The van der Waals surface area contributed by atoms with Crippen LogP contribution in [0.15, 0.2) is 35.7 Å². The highest BCUT2D eigenvalue weighted by Crippen LogP contribution is 2.36. The molecule has 0 saturated carbocycles. The van der Waals surface area contributed by atoms with Gasteiger partial charge in [-0.25, -0.2) is 22.8 Å². The van der Waals surface area contributed by atoms with Crippen LogP contribution in [0.2, 0.25) is 0 Å². The normalized spacial score (nSPS) is 17.3. The molecule has 37 heavy (non-hydrogen) atoms. The van der Waals surface area contributed by atoms with Gasteiger partial charge in [-0.2, -0.15) is 5.10 Å². The number of hydrazone groups is 1. The number of hydrogen-bond donors (Lipinski definition) is 1. The van der Waals surface area contributed by atoms with Crippen LogP contribution >= 0.6 is 0 Å². The van der Waals surface area contributed by atoms with E-state index in [1.54, 1.807) is 25.1 Å². The van der Waals surface area contributed by atoms with E-state index < -0.39 is 27.0 Å². The maximum absolute atomic E-state index is 13.5. The number of methoxy groups -OCH3 is 2. The van der Waals surface area contributed by atoms with E-state index in [0.29, 0.717) is 35.1 Å². The van der Waals surface area contributed by atoms with Crippen LogP contribution in [-0.4, -0.2) is 76.4 Å². The molecule has 1 N–H and O–H groups in total. The topological polar surface area (TPSA) is 137 Å². The number of halogens is 1. The molecular formula is C23H29FN8O4S. The highest BCUT2D eigenvalue weighted by Gasteiger charge is 2.34. The summed E-state index contributed by atoms with van der Waals surface area (Å²) in [6.45, 7) is 5.19. The van der Waals surface area contributed by atoms with Crippen LogP contribution in [0, 0.1) is 5.82 Å². The van der Waals surface area contributed by atoms with E-state index in [-0.39, 0.29) is 17.8 Å². The minimum atomic E-state index is -4.05. The first-order valence-corrected chi connectivity index (χ1v) is 13.1. The number of ether oxygens (including phenoxy) is 2. The largest absolute Gasteiger partial charge is 0.494 e. The summed E-state index contributed by atoms with van der Waals surface area (Å²) in [5.74, 6) is 0.0596. The molecule has 3 heterocycles. The monoisotopic (exact) mass is 532 g/mol. The zero-order chi connectivity index (χ0) is 26.9. The van der Waals surface area contributed by atoms with E-state index >= 15 is 0 Å². The lowest BCUT2D eigenvalue weighted by molar-refractivity contribution is 0.303. The Hall–Kier alpha value is -3.81. The summed E-state index contributed by atoms with van der Waals surface area (Å²) in [5, 5.41) is 13.9. The van der Waals surface area contributed by atoms with E-state index in [1.807, 2.05) is 19.0 Å². The summed E-state index contributed by atoms with van der Waals surface area (Å²) in [6.07, 6.45) is 2.58. The molecule has 4 rings (SSSR count). The van der Waals surface area contributed by atoms with E-state index in [1.165, 1.54) is 25.7 Å². The third-order valence-electron chi connectivity index (χ3n) is 6.43. The molecule has 0 aliphatic carbocycles. The van der Waals surface area contributed by atoms with Gasteiger partial charge in [0.15, 0.2) is 11.6 Å². The Bertz CT molecular complexity index is 1390. The number of nitrogens with one attached hydrogen (secondary N) is 1. The van der Waals surface area contributed by atoms with Crippen LogP contribution in [0.1, 0.15) is 44.8 Å². The minimum absolute atomic E-state index is 0.0678. The summed E-state index contributed by atoms with van der Waals surface area (Å²) < 4.78 is 55.5. The Morgan fingerprint density at radius 3 is 2.27 bits per heavy atom. The van der Waals surface area contributed by atoms with E-state index in [0.717, 1.165) is 12.4 Å². The van der Waals surface area contributed by atoms with Crippen LogP contribution in [-0.2, 0) is 10.0 Å². The molecule has 0 bridgehead atoms. The summed E-state index contributed by atoms with van der Waals surface area (Å²) >= 11 is 0. The maximum atomic E-state index is 13.5. The SMILES string of the molecule is COc1cccc(OC)c1-n1c(NS(=O)(=O)[C@@H](C)[C@H](C)c2ncc(F)cn2)nnc1C1=NN(C)C(C)C1. The van der Waals surface area contributed by atoms with Gasteiger partial charge in [0.1, 0.15) is 28.7 Å². The van der Waals surface area contributed by atoms with Crippen LogP contribution in [0.25, 0.3) is 5.69 Å². The molecule has 3 atom stereocenters. The van der Waals surface area contributed by atoms with Crippen molar-refractivity contribution in [2.45, 2.75) is 44.4 Å². The molecule has 0 fully saturated rings. The van der Waals surface area contributed by atoms with Gasteiger partial charge in [0.2, 0.25) is 16.0 Å². The number of rotatable bonds is 9. The average Bonchev–Trinajstić information content (AvgIpc) is 3.44. The molecule has 0 saturated heterocycles. The van der Waals surface area contributed by atoms with Crippen molar-refractivity contribution in [3.8, 4) is 17.2 Å². The third kappa shape index (κ3) is 5.05. The van der Waals surface area contributed by atoms with Gasteiger partial charge in [0, 0.05) is 25.4 Å². The van der Waals surface area contributed by atoms with Crippen molar-refractivity contribution in [1.29, 1.82) is 0 Å². The average molecular weight is 533 g/mol. The molecule has 1 unspecified atom stereocenters. The molecule has 0 radical (unpaired) electrons. The number of sulfonamides is 1. The van der Waals surface area contributed by atoms with Gasteiger partial charge in [0.05, 0.1) is 31.9 Å². The predicted octanol–water partition coefficient (Wildman–Crippen LogP) is 2.58. The Morgan fingerprint density at radius 2 is 1.73 bits per heavy atom. The highest BCUT2D eigenvalue weighted by atomic mass is 32.2. The maximum Gasteiger partial charge on any atom is 0.243 e. The Balaban J connectivity index is 1.80. The van der Waals surface area contributed by atoms with Gasteiger partial charge in [0.25, 0.3) is 0 Å². The lowest BCUT2D eigenvalue weighted by Gasteiger charge is -2.21. The molecule has 1 aromatic carbocycles. The summed E-state index contributed by atoms with van der Waals surface area (Å²) in [4.78, 5) is 7.87. The van der Waals surface area contributed by atoms with Crippen molar-refractivity contribution in [3.05, 3.63) is 48.1 Å². The molecular weight excluding hydrogens is 503 g/mol. The quantitative estimate of drug-likeness (QED) is 0.441. The van der Waals surface area contributed by atoms with Crippen molar-refractivity contribution in [3.63, 3.8) is 0 Å². The van der Waals surface area contributed by atoms with Crippen LogP contribution < -0.4 is 14.2 Å². The summed E-state index contributed by atoms with van der Waals surface area (Å²) in [5.41, 5.74) is 1.04. The van der Waals surface area contributed by atoms with Gasteiger partial charge in [-0.15, -0.1) is 10.2 Å². The van der Waals surface area contributed by atoms with E-state index in [9.17, 15) is 12.8 Å². The Kier molecular flexibility index (Phi) is 7.30. The number of aromatic nitrogens is 5. The lowest BCUT2D eigenvalue weighted by atomic mass is 10.1. The van der Waals surface area contributed by atoms with Gasteiger partial charge in [-0.3, -0.25) is 14.3 Å². The van der Waals surface area contributed by atoms with Crippen molar-refractivity contribution in [1.82, 2.24) is 29.7 Å². The second-order valence-electron chi connectivity index (χ2n) is 8.77. The fourth-order valence-corrected chi connectivity index (χ4v) is 5.17. The van der Waals surface area contributed by atoms with Gasteiger partial charge in [-0.05, 0) is 26.0 Å². The lowest BCUT2D eigenvalue weighted by Crippen LogP contribution is -2.31. The highest BCUT2D eigenvalue weighted by molar-refractivity contribution is 7.93. The van der Waals surface area contributed by atoms with Gasteiger partial charge < -0.3 is 9.47 Å². The van der Waals surface area contributed by atoms with Crippen molar-refractivity contribution in [2.75, 3.05) is 26.0 Å². The fourth-order valence-electron chi connectivity index (χ4n) is 3.94. The second-order valence-corrected chi connectivity index (χ2v) is 10.8. The smallest absolute Gasteiger partial charge is 0.243 e. The molecule has 3 aromatic rings. The number of benzene rings is 1. The van der Waals surface area contributed by atoms with Crippen LogP contribution in [0.4, 0.5) is 10.3 Å². The van der Waals surface area contributed by atoms with Crippen molar-refractivity contribution >= 4 is 21.7 Å². The first-order chi connectivity index (χ1) is 17.6. The standard InChI is InChI=1S/C23H29FN8O4S/c1-13-10-17(29-31(13)4)22-27-28-23(32(22)20-18(35-5)8-7-9-19(20)36-6)30-37(33,34)15(3)14(2)21-25-11-16(24)12-26-21/h7-9,11-15H,10H2,1-6H3,(H,28,30)/t13?,14-,15-/m0/s1. The molecule has 12 nitrogen and oxygen atoms in total. The van der Waals surface area contributed by atoms with Gasteiger partial charge in [-0.1, -0.05) is 13.0 Å². The van der Waals surface area contributed by atoms with Crippen LogP contribution in [0.3, 0.4) is 0 Å². The number of anilines is 1. The molecule has 1 aliphatic heterocycles. The van der Waals surface area contributed by atoms with Crippen LogP contribution in [0.5, 0.6) is 11.5 Å². The summed E-state index contributed by atoms with van der Waals surface area (Å²) in [7, 11) is 0.805. The molecule has 2 aromatic heterocycles. The molecule has 1 aliphatic rings. The minimum Gasteiger partial charge on any atom is -0.494 e. The van der Waals surface area contributed by atoms with E-state index in [2.05, 4.69) is 30.0 Å². The number of hydrogen-bond acceptors (Lipinski definition) is 10. The second kappa shape index (κ2) is 10.3. The van der Waals surface area contributed by atoms with Crippen molar-refractivity contribution < 1.29 is 22.3 Å². The zero-order valence-electron chi connectivity index (χ0n) is 21.4. The molecule has 14 heteroatoms. The number of nitrogens with zero attached hydrogens (tertiary/aromatic N) is 7. The Labute approximate surface area is 214 Å². The Morgan fingerprint density at radius 1 is 1.11 bits per heavy atom. The first kappa shape index (κ1) is 26.3. The molecule has 0 spiro atoms. The molecule has 198 valence electrons. The predicted molar refractivity (Wildman–Crippen MR) is 135 cm³/mol.